The molecule has 1 saturated heterocycles. The summed E-state index contributed by atoms with van der Waals surface area (Å²) in [5.41, 5.74) is 1.82. The normalized spacial score (nSPS) is 14.2. The van der Waals surface area contributed by atoms with Crippen molar-refractivity contribution in [1.82, 2.24) is 10.2 Å². The van der Waals surface area contributed by atoms with Crippen molar-refractivity contribution < 1.29 is 14.4 Å². The molecule has 1 aliphatic rings. The Balaban J connectivity index is 1.37. The maximum atomic E-state index is 13.1. The fourth-order valence-corrected chi connectivity index (χ4v) is 4.17. The van der Waals surface area contributed by atoms with Gasteiger partial charge in [0, 0.05) is 42.4 Å². The van der Waals surface area contributed by atoms with Crippen LogP contribution < -0.4 is 10.6 Å². The SMILES string of the molecule is CCNC(=O)c1cccc(NC(=O)C2CCN(C(=O)c3cccc4ccccc34)CC2)c1. The highest BCUT2D eigenvalue weighted by Crippen LogP contribution is 2.24. The maximum Gasteiger partial charge on any atom is 0.254 e. The molecule has 6 heteroatoms. The average Bonchev–Trinajstić information content (AvgIpc) is 2.83. The summed E-state index contributed by atoms with van der Waals surface area (Å²) in [5, 5.41) is 7.68. The number of hydrogen-bond acceptors (Lipinski definition) is 3. The van der Waals surface area contributed by atoms with E-state index in [0.717, 1.165) is 10.8 Å². The summed E-state index contributed by atoms with van der Waals surface area (Å²) < 4.78 is 0. The standard InChI is InChI=1S/C26H27N3O3/c1-2-27-24(30)20-9-5-10-21(17-20)28-25(31)19-13-15-29(16-14-19)26(32)23-12-6-8-18-7-3-4-11-22(18)23/h3-12,17,19H,2,13-16H2,1H3,(H,27,30)(H,28,31). The van der Waals surface area contributed by atoms with Gasteiger partial charge < -0.3 is 15.5 Å². The number of fused-ring (bicyclic) bond motifs is 1. The van der Waals surface area contributed by atoms with Crippen LogP contribution in [0.1, 0.15) is 40.5 Å². The Hall–Kier alpha value is -3.67. The van der Waals surface area contributed by atoms with Gasteiger partial charge in [0.1, 0.15) is 0 Å². The molecule has 32 heavy (non-hydrogen) atoms. The zero-order valence-electron chi connectivity index (χ0n) is 18.1. The van der Waals surface area contributed by atoms with Crippen LogP contribution in [0.25, 0.3) is 10.8 Å². The zero-order valence-corrected chi connectivity index (χ0v) is 18.1. The molecule has 0 radical (unpaired) electrons. The van der Waals surface area contributed by atoms with Gasteiger partial charge in [0.05, 0.1) is 0 Å². The van der Waals surface area contributed by atoms with Crippen molar-refractivity contribution in [3.63, 3.8) is 0 Å². The Morgan fingerprint density at radius 2 is 1.66 bits per heavy atom. The predicted octanol–water partition coefficient (Wildman–Crippen LogP) is 4.08. The second-order valence-corrected chi connectivity index (χ2v) is 8.02. The lowest BCUT2D eigenvalue weighted by Gasteiger charge is -2.31. The number of carbonyl (C=O) groups is 3. The molecule has 6 nitrogen and oxygen atoms in total. The van der Waals surface area contributed by atoms with Gasteiger partial charge in [-0.3, -0.25) is 14.4 Å². The Bertz CT molecular complexity index is 1140. The van der Waals surface area contributed by atoms with Gasteiger partial charge in [0.2, 0.25) is 5.91 Å². The van der Waals surface area contributed by atoms with Crippen LogP contribution in [0.15, 0.2) is 66.7 Å². The second kappa shape index (κ2) is 9.64. The van der Waals surface area contributed by atoms with Crippen LogP contribution in [-0.4, -0.2) is 42.3 Å². The molecule has 4 rings (SSSR count). The Morgan fingerprint density at radius 1 is 0.938 bits per heavy atom. The summed E-state index contributed by atoms with van der Waals surface area (Å²) in [6, 6.07) is 20.6. The van der Waals surface area contributed by atoms with E-state index >= 15 is 0 Å². The molecule has 3 aromatic rings. The Labute approximate surface area is 187 Å². The molecule has 0 spiro atoms. The van der Waals surface area contributed by atoms with E-state index in [1.165, 1.54) is 0 Å². The van der Waals surface area contributed by atoms with Crippen LogP contribution in [-0.2, 0) is 4.79 Å². The number of benzene rings is 3. The first-order valence-corrected chi connectivity index (χ1v) is 11.0. The molecule has 1 aliphatic heterocycles. The molecule has 0 aromatic heterocycles. The molecule has 0 saturated carbocycles. The number of likely N-dealkylation sites (tertiary alicyclic amines) is 1. The van der Waals surface area contributed by atoms with Gasteiger partial charge in [-0.25, -0.2) is 0 Å². The monoisotopic (exact) mass is 429 g/mol. The lowest BCUT2D eigenvalue weighted by atomic mass is 9.94. The summed E-state index contributed by atoms with van der Waals surface area (Å²) in [6.45, 7) is 3.49. The van der Waals surface area contributed by atoms with E-state index in [0.29, 0.717) is 49.3 Å². The fourth-order valence-electron chi connectivity index (χ4n) is 4.17. The smallest absolute Gasteiger partial charge is 0.254 e. The Kier molecular flexibility index (Phi) is 6.50. The van der Waals surface area contributed by atoms with Crippen molar-refractivity contribution in [2.75, 3.05) is 25.0 Å². The first-order valence-electron chi connectivity index (χ1n) is 11.0. The van der Waals surface area contributed by atoms with Crippen LogP contribution in [0, 0.1) is 5.92 Å². The van der Waals surface area contributed by atoms with Gasteiger partial charge in [-0.1, -0.05) is 42.5 Å². The number of anilines is 1. The van der Waals surface area contributed by atoms with E-state index in [2.05, 4.69) is 10.6 Å². The molecule has 0 atom stereocenters. The molecule has 164 valence electrons. The van der Waals surface area contributed by atoms with Gasteiger partial charge in [-0.2, -0.15) is 0 Å². The fraction of sp³-hybridized carbons (Fsp3) is 0.269. The molecule has 0 bridgehead atoms. The summed E-state index contributed by atoms with van der Waals surface area (Å²) in [4.78, 5) is 39.8. The first-order chi connectivity index (χ1) is 15.6. The van der Waals surface area contributed by atoms with E-state index in [1.54, 1.807) is 24.3 Å². The lowest BCUT2D eigenvalue weighted by molar-refractivity contribution is -0.121. The summed E-state index contributed by atoms with van der Waals surface area (Å²) in [6.07, 6.45) is 1.22. The highest BCUT2D eigenvalue weighted by atomic mass is 16.2. The Morgan fingerprint density at radius 3 is 2.44 bits per heavy atom. The lowest BCUT2D eigenvalue weighted by Crippen LogP contribution is -2.41. The molecule has 0 aliphatic carbocycles. The van der Waals surface area contributed by atoms with Crippen molar-refractivity contribution in [3.05, 3.63) is 77.9 Å². The number of nitrogens with one attached hydrogen (secondary N) is 2. The van der Waals surface area contributed by atoms with Gasteiger partial charge in [-0.15, -0.1) is 0 Å². The van der Waals surface area contributed by atoms with E-state index < -0.39 is 0 Å². The number of piperidine rings is 1. The quantitative estimate of drug-likeness (QED) is 0.642. The van der Waals surface area contributed by atoms with Crippen LogP contribution in [0.5, 0.6) is 0 Å². The van der Waals surface area contributed by atoms with Crippen molar-refractivity contribution in [2.24, 2.45) is 5.92 Å². The van der Waals surface area contributed by atoms with E-state index in [9.17, 15) is 14.4 Å². The predicted molar refractivity (Wildman–Crippen MR) is 126 cm³/mol. The third kappa shape index (κ3) is 4.64. The number of amides is 3. The van der Waals surface area contributed by atoms with Crippen LogP contribution in [0.2, 0.25) is 0 Å². The number of hydrogen-bond donors (Lipinski definition) is 2. The largest absolute Gasteiger partial charge is 0.352 e. The van der Waals surface area contributed by atoms with Crippen molar-refractivity contribution >= 4 is 34.2 Å². The van der Waals surface area contributed by atoms with E-state index in [4.69, 9.17) is 0 Å². The molecular formula is C26H27N3O3. The minimum atomic E-state index is -0.167. The van der Waals surface area contributed by atoms with Crippen LogP contribution >= 0.6 is 0 Å². The molecule has 0 unspecified atom stereocenters. The maximum absolute atomic E-state index is 13.1. The third-order valence-corrected chi connectivity index (χ3v) is 5.90. The van der Waals surface area contributed by atoms with Crippen molar-refractivity contribution in [1.29, 1.82) is 0 Å². The zero-order chi connectivity index (χ0) is 22.5. The third-order valence-electron chi connectivity index (χ3n) is 5.90. The molecule has 1 fully saturated rings. The molecular weight excluding hydrogens is 402 g/mol. The molecule has 3 aromatic carbocycles. The number of nitrogens with zero attached hydrogens (tertiary/aromatic N) is 1. The van der Waals surface area contributed by atoms with Crippen molar-refractivity contribution in [3.8, 4) is 0 Å². The minimum Gasteiger partial charge on any atom is -0.352 e. The van der Waals surface area contributed by atoms with E-state index in [1.807, 2.05) is 54.3 Å². The number of rotatable bonds is 5. The molecule has 3 amide bonds. The molecule has 1 heterocycles. The van der Waals surface area contributed by atoms with Crippen molar-refractivity contribution in [2.45, 2.75) is 19.8 Å². The highest BCUT2D eigenvalue weighted by molar-refractivity contribution is 6.07. The second-order valence-electron chi connectivity index (χ2n) is 8.02. The van der Waals surface area contributed by atoms with Crippen LogP contribution in [0.3, 0.4) is 0 Å². The van der Waals surface area contributed by atoms with Crippen LogP contribution in [0.4, 0.5) is 5.69 Å². The highest BCUT2D eigenvalue weighted by Gasteiger charge is 2.28. The summed E-state index contributed by atoms with van der Waals surface area (Å²) in [5.74, 6) is -0.394. The topological polar surface area (TPSA) is 78.5 Å². The van der Waals surface area contributed by atoms with Gasteiger partial charge in [0.25, 0.3) is 11.8 Å². The van der Waals surface area contributed by atoms with Gasteiger partial charge >= 0.3 is 0 Å². The van der Waals surface area contributed by atoms with Gasteiger partial charge in [-0.05, 0) is 54.8 Å². The number of carbonyl (C=O) groups excluding carboxylic acids is 3. The van der Waals surface area contributed by atoms with E-state index in [-0.39, 0.29) is 23.6 Å². The minimum absolute atomic E-state index is 0.00953. The first kappa shape index (κ1) is 21.6. The average molecular weight is 430 g/mol. The van der Waals surface area contributed by atoms with Gasteiger partial charge in [0.15, 0.2) is 0 Å². The summed E-state index contributed by atoms with van der Waals surface area (Å²) in [7, 11) is 0. The molecule has 2 N–H and O–H groups in total. The summed E-state index contributed by atoms with van der Waals surface area (Å²) >= 11 is 0.